The van der Waals surface area contributed by atoms with E-state index in [1.54, 1.807) is 24.3 Å². The van der Waals surface area contributed by atoms with Crippen molar-refractivity contribution in [1.29, 1.82) is 0 Å². The Morgan fingerprint density at radius 1 is 1.27 bits per heavy atom. The Bertz CT molecular complexity index is 803. The Kier molecular flexibility index (Phi) is 6.67. The molecule has 0 aromatic heterocycles. The van der Waals surface area contributed by atoms with Gasteiger partial charge in [-0.1, -0.05) is 6.92 Å². The minimum atomic E-state index is -0.516. The highest BCUT2D eigenvalue weighted by Gasteiger charge is 2.10. The third-order valence-electron chi connectivity index (χ3n) is 3.38. The number of ether oxygens (including phenoxy) is 2. The standard InChI is InChI=1S/C18H19N3O5/c1-3-10-26-16-7-4-13(5-8-16)18(22)20-19-12-14-11-15(21(23)24)6-9-17(14)25-2/h4-9,11-12H,3,10H2,1-2H3,(H,20,22)/b19-12-. The van der Waals surface area contributed by atoms with Crippen LogP contribution in [0.2, 0.25) is 0 Å². The molecular weight excluding hydrogens is 338 g/mol. The number of nitrogens with zero attached hydrogens (tertiary/aromatic N) is 2. The third-order valence-corrected chi connectivity index (χ3v) is 3.38. The number of amides is 1. The van der Waals surface area contributed by atoms with E-state index in [9.17, 15) is 14.9 Å². The highest BCUT2D eigenvalue weighted by atomic mass is 16.6. The molecule has 8 nitrogen and oxygen atoms in total. The maximum Gasteiger partial charge on any atom is 0.271 e. The van der Waals surface area contributed by atoms with Gasteiger partial charge in [0.15, 0.2) is 0 Å². The molecule has 1 amide bonds. The number of hydrazone groups is 1. The van der Waals surface area contributed by atoms with Crippen LogP contribution in [0.4, 0.5) is 5.69 Å². The zero-order valence-corrected chi connectivity index (χ0v) is 14.5. The molecule has 0 saturated carbocycles. The average Bonchev–Trinajstić information content (AvgIpc) is 2.66. The molecule has 26 heavy (non-hydrogen) atoms. The van der Waals surface area contributed by atoms with E-state index in [4.69, 9.17) is 9.47 Å². The van der Waals surface area contributed by atoms with Crippen LogP contribution in [-0.4, -0.2) is 30.8 Å². The van der Waals surface area contributed by atoms with E-state index in [0.717, 1.165) is 6.42 Å². The first-order valence-corrected chi connectivity index (χ1v) is 7.94. The molecule has 0 fully saturated rings. The van der Waals surface area contributed by atoms with E-state index in [1.807, 2.05) is 6.92 Å². The van der Waals surface area contributed by atoms with Gasteiger partial charge in [0.25, 0.3) is 11.6 Å². The summed E-state index contributed by atoms with van der Waals surface area (Å²) in [5, 5.41) is 14.7. The number of rotatable bonds is 8. The van der Waals surface area contributed by atoms with Crippen LogP contribution in [0.1, 0.15) is 29.3 Å². The fraction of sp³-hybridized carbons (Fsp3) is 0.222. The van der Waals surface area contributed by atoms with Crippen molar-refractivity contribution < 1.29 is 19.2 Å². The summed E-state index contributed by atoms with van der Waals surface area (Å²) in [7, 11) is 1.44. The maximum absolute atomic E-state index is 12.1. The van der Waals surface area contributed by atoms with Crippen molar-refractivity contribution in [2.75, 3.05) is 13.7 Å². The number of hydrogen-bond donors (Lipinski definition) is 1. The van der Waals surface area contributed by atoms with Gasteiger partial charge in [0, 0.05) is 23.3 Å². The van der Waals surface area contributed by atoms with Gasteiger partial charge in [-0.25, -0.2) is 5.43 Å². The van der Waals surface area contributed by atoms with E-state index >= 15 is 0 Å². The Hall–Kier alpha value is -3.42. The van der Waals surface area contributed by atoms with E-state index in [1.165, 1.54) is 31.5 Å². The second-order valence-electron chi connectivity index (χ2n) is 5.26. The monoisotopic (exact) mass is 357 g/mol. The van der Waals surface area contributed by atoms with Gasteiger partial charge >= 0.3 is 0 Å². The summed E-state index contributed by atoms with van der Waals surface area (Å²) in [5.74, 6) is 0.687. The van der Waals surface area contributed by atoms with Crippen LogP contribution in [0.25, 0.3) is 0 Å². The number of carbonyl (C=O) groups excluding carboxylic acids is 1. The highest BCUT2D eigenvalue weighted by Crippen LogP contribution is 2.22. The molecule has 0 aliphatic rings. The van der Waals surface area contributed by atoms with Gasteiger partial charge in [-0.05, 0) is 36.8 Å². The summed E-state index contributed by atoms with van der Waals surface area (Å²) in [4.78, 5) is 22.4. The van der Waals surface area contributed by atoms with E-state index in [0.29, 0.717) is 29.2 Å². The predicted molar refractivity (Wildman–Crippen MR) is 96.9 cm³/mol. The molecule has 8 heteroatoms. The first-order chi connectivity index (χ1) is 12.5. The van der Waals surface area contributed by atoms with Gasteiger partial charge in [0.2, 0.25) is 0 Å². The van der Waals surface area contributed by atoms with Gasteiger partial charge in [-0.3, -0.25) is 14.9 Å². The minimum Gasteiger partial charge on any atom is -0.496 e. The number of nitro benzene ring substituents is 1. The average molecular weight is 357 g/mol. The number of benzene rings is 2. The topological polar surface area (TPSA) is 103 Å². The van der Waals surface area contributed by atoms with Gasteiger partial charge in [-0.15, -0.1) is 0 Å². The van der Waals surface area contributed by atoms with Gasteiger partial charge in [-0.2, -0.15) is 5.10 Å². The molecule has 0 atom stereocenters. The Morgan fingerprint density at radius 3 is 2.62 bits per heavy atom. The number of hydrogen-bond acceptors (Lipinski definition) is 6. The van der Waals surface area contributed by atoms with Crippen LogP contribution in [0.3, 0.4) is 0 Å². The summed E-state index contributed by atoms with van der Waals surface area (Å²) < 4.78 is 10.6. The van der Waals surface area contributed by atoms with Crippen LogP contribution in [0.15, 0.2) is 47.6 Å². The lowest BCUT2D eigenvalue weighted by atomic mass is 10.2. The number of nitro groups is 1. The van der Waals surface area contributed by atoms with Crippen LogP contribution in [-0.2, 0) is 0 Å². The number of carbonyl (C=O) groups is 1. The van der Waals surface area contributed by atoms with Crippen molar-refractivity contribution >= 4 is 17.8 Å². The molecule has 0 unspecified atom stereocenters. The second kappa shape index (κ2) is 9.16. The van der Waals surface area contributed by atoms with Crippen LogP contribution in [0, 0.1) is 10.1 Å². The molecule has 2 aromatic carbocycles. The normalized spacial score (nSPS) is 10.5. The minimum absolute atomic E-state index is 0.0961. The molecule has 2 rings (SSSR count). The highest BCUT2D eigenvalue weighted by molar-refractivity contribution is 5.95. The van der Waals surface area contributed by atoms with Crippen molar-refractivity contribution in [1.82, 2.24) is 5.43 Å². The Balaban J connectivity index is 2.04. The largest absolute Gasteiger partial charge is 0.496 e. The molecule has 0 heterocycles. The number of methoxy groups -OCH3 is 1. The van der Waals surface area contributed by atoms with Gasteiger partial charge in [0.05, 0.1) is 24.9 Å². The molecule has 1 N–H and O–H groups in total. The van der Waals surface area contributed by atoms with Gasteiger partial charge < -0.3 is 9.47 Å². The van der Waals surface area contributed by atoms with Crippen LogP contribution < -0.4 is 14.9 Å². The molecule has 0 saturated heterocycles. The predicted octanol–water partition coefficient (Wildman–Crippen LogP) is 3.16. The molecule has 0 aliphatic carbocycles. The van der Waals surface area contributed by atoms with Crippen molar-refractivity contribution in [3.8, 4) is 11.5 Å². The number of nitrogens with one attached hydrogen (secondary N) is 1. The summed E-state index contributed by atoms with van der Waals surface area (Å²) >= 11 is 0. The van der Waals surface area contributed by atoms with E-state index < -0.39 is 10.8 Å². The third kappa shape index (κ3) is 5.04. The smallest absolute Gasteiger partial charge is 0.271 e. The van der Waals surface area contributed by atoms with Crippen molar-refractivity contribution in [3.63, 3.8) is 0 Å². The molecule has 2 aromatic rings. The van der Waals surface area contributed by atoms with Crippen LogP contribution in [0.5, 0.6) is 11.5 Å². The zero-order chi connectivity index (χ0) is 18.9. The second-order valence-corrected chi connectivity index (χ2v) is 5.26. The Labute approximate surface area is 150 Å². The maximum atomic E-state index is 12.1. The fourth-order valence-electron chi connectivity index (χ4n) is 2.08. The van der Waals surface area contributed by atoms with E-state index in [2.05, 4.69) is 10.5 Å². The first kappa shape index (κ1) is 18.9. The SMILES string of the molecule is CCCOc1ccc(C(=O)N/N=C\c2cc([N+](=O)[O-])ccc2OC)cc1. The van der Waals surface area contributed by atoms with Crippen LogP contribution >= 0.6 is 0 Å². The lowest BCUT2D eigenvalue weighted by Crippen LogP contribution is -2.17. The Morgan fingerprint density at radius 2 is 2.00 bits per heavy atom. The van der Waals surface area contributed by atoms with Crippen molar-refractivity contribution in [3.05, 3.63) is 63.7 Å². The number of non-ortho nitro benzene ring substituents is 1. The quantitative estimate of drug-likeness (QED) is 0.444. The molecule has 0 spiro atoms. The fourth-order valence-corrected chi connectivity index (χ4v) is 2.08. The summed E-state index contributed by atoms with van der Waals surface area (Å²) in [5.41, 5.74) is 3.07. The molecule has 0 bridgehead atoms. The summed E-state index contributed by atoms with van der Waals surface area (Å²) in [6, 6.07) is 10.8. The zero-order valence-electron chi connectivity index (χ0n) is 14.5. The van der Waals surface area contributed by atoms with Crippen molar-refractivity contribution in [2.24, 2.45) is 5.10 Å². The lowest BCUT2D eigenvalue weighted by molar-refractivity contribution is -0.384. The lowest BCUT2D eigenvalue weighted by Gasteiger charge is -2.06. The molecule has 136 valence electrons. The van der Waals surface area contributed by atoms with Gasteiger partial charge in [0.1, 0.15) is 11.5 Å². The molecular formula is C18H19N3O5. The molecule has 0 radical (unpaired) electrons. The van der Waals surface area contributed by atoms with E-state index in [-0.39, 0.29) is 5.69 Å². The summed E-state index contributed by atoms with van der Waals surface area (Å²) in [6.07, 6.45) is 2.19. The first-order valence-electron chi connectivity index (χ1n) is 7.94. The molecule has 0 aliphatic heterocycles. The van der Waals surface area contributed by atoms with Crippen molar-refractivity contribution in [2.45, 2.75) is 13.3 Å². The summed E-state index contributed by atoms with van der Waals surface area (Å²) in [6.45, 7) is 2.62.